The Bertz CT molecular complexity index is 663. The number of aromatic nitrogens is 4. The van der Waals surface area contributed by atoms with Crippen LogP contribution < -0.4 is 0 Å². The third-order valence-corrected chi connectivity index (χ3v) is 5.78. The maximum atomic E-state index is 12.4. The summed E-state index contributed by atoms with van der Waals surface area (Å²) in [5, 5.41) is 14.6. The number of carbonyl (C=O) groups is 1. The molecule has 0 unspecified atom stereocenters. The zero-order chi connectivity index (χ0) is 14.2. The predicted molar refractivity (Wildman–Crippen MR) is 80.3 cm³/mol. The van der Waals surface area contributed by atoms with Gasteiger partial charge in [-0.15, -0.1) is 16.4 Å². The van der Waals surface area contributed by atoms with Crippen molar-refractivity contribution in [3.63, 3.8) is 0 Å². The van der Waals surface area contributed by atoms with Crippen LogP contribution in [0.3, 0.4) is 0 Å². The molecule has 8 heteroatoms. The Labute approximate surface area is 130 Å². The van der Waals surface area contributed by atoms with E-state index in [-0.39, 0.29) is 5.91 Å². The van der Waals surface area contributed by atoms with E-state index in [1.807, 2.05) is 9.58 Å². The van der Waals surface area contributed by atoms with Crippen LogP contribution in [0.25, 0.3) is 0 Å². The van der Waals surface area contributed by atoms with Crippen molar-refractivity contribution >= 4 is 29.0 Å². The van der Waals surface area contributed by atoms with Crippen molar-refractivity contribution in [3.8, 4) is 0 Å². The highest BCUT2D eigenvalue weighted by Gasteiger charge is 2.28. The van der Waals surface area contributed by atoms with Crippen molar-refractivity contribution in [2.75, 3.05) is 12.3 Å². The predicted octanol–water partition coefficient (Wildman–Crippen LogP) is 1.75. The Kier molecular flexibility index (Phi) is 3.42. The largest absolute Gasteiger partial charge is 0.337 e. The van der Waals surface area contributed by atoms with Crippen LogP contribution in [0.1, 0.15) is 29.3 Å². The van der Waals surface area contributed by atoms with Gasteiger partial charge in [0.05, 0.1) is 11.8 Å². The summed E-state index contributed by atoms with van der Waals surface area (Å²) in [6.45, 7) is 1.56. The second kappa shape index (κ2) is 5.42. The molecule has 0 aromatic carbocycles. The molecule has 6 nitrogen and oxygen atoms in total. The molecule has 1 fully saturated rings. The minimum absolute atomic E-state index is 0.169. The Balaban J connectivity index is 1.37. The lowest BCUT2D eigenvalue weighted by atomic mass is 10.1. The molecule has 2 aromatic heterocycles. The normalized spacial score (nSPS) is 17.8. The van der Waals surface area contributed by atoms with Crippen molar-refractivity contribution in [1.82, 2.24) is 25.1 Å². The van der Waals surface area contributed by atoms with E-state index < -0.39 is 0 Å². The highest BCUT2D eigenvalue weighted by molar-refractivity contribution is 7.99. The summed E-state index contributed by atoms with van der Waals surface area (Å²) in [6.07, 6.45) is 3.25. The zero-order valence-corrected chi connectivity index (χ0v) is 13.1. The summed E-state index contributed by atoms with van der Waals surface area (Å²) in [4.78, 5) is 15.7. The number of nitrogens with zero attached hydrogens (tertiary/aromatic N) is 5. The van der Waals surface area contributed by atoms with Gasteiger partial charge in [0, 0.05) is 18.0 Å². The van der Waals surface area contributed by atoms with Gasteiger partial charge in [-0.05, 0) is 46.7 Å². The number of tetrazole rings is 1. The van der Waals surface area contributed by atoms with E-state index in [1.165, 1.54) is 22.2 Å². The van der Waals surface area contributed by atoms with Gasteiger partial charge in [-0.25, -0.2) is 4.68 Å². The first-order valence-corrected chi connectivity index (χ1v) is 8.91. The van der Waals surface area contributed by atoms with Gasteiger partial charge in [0.1, 0.15) is 0 Å². The van der Waals surface area contributed by atoms with Crippen LogP contribution in [0.15, 0.2) is 16.6 Å². The lowest BCUT2D eigenvalue weighted by molar-refractivity contribution is -0.129. The molecule has 1 amide bonds. The summed E-state index contributed by atoms with van der Waals surface area (Å²) < 4.78 is 1.85. The molecule has 1 aliphatic heterocycles. The smallest absolute Gasteiger partial charge is 0.233 e. The van der Waals surface area contributed by atoms with Crippen LogP contribution in [0.4, 0.5) is 0 Å². The standard InChI is InChI=1S/C13H15N5OS2/c19-12(17-5-3-11-9(7-17)4-6-20-11)8-21-13-14-15-16-18(13)10-1-2-10/h4,6,10H,1-3,5,7-8H2. The van der Waals surface area contributed by atoms with Crippen molar-refractivity contribution in [1.29, 1.82) is 0 Å². The lowest BCUT2D eigenvalue weighted by Crippen LogP contribution is -2.36. The number of thioether (sulfide) groups is 1. The van der Waals surface area contributed by atoms with Gasteiger partial charge in [-0.3, -0.25) is 4.79 Å². The van der Waals surface area contributed by atoms with Crippen molar-refractivity contribution < 1.29 is 4.79 Å². The molecule has 4 rings (SSSR count). The van der Waals surface area contributed by atoms with E-state index in [2.05, 4.69) is 27.0 Å². The lowest BCUT2D eigenvalue weighted by Gasteiger charge is -2.26. The SMILES string of the molecule is O=C(CSc1nnnn1C1CC1)N1CCc2sccc2C1. The van der Waals surface area contributed by atoms with Gasteiger partial charge in [-0.1, -0.05) is 11.8 Å². The Morgan fingerprint density at radius 3 is 3.24 bits per heavy atom. The summed E-state index contributed by atoms with van der Waals surface area (Å²) in [5.74, 6) is 0.578. The maximum Gasteiger partial charge on any atom is 0.233 e. The van der Waals surface area contributed by atoms with Crippen molar-refractivity contribution in [2.45, 2.75) is 37.0 Å². The highest BCUT2D eigenvalue weighted by atomic mass is 32.2. The number of fused-ring (bicyclic) bond motifs is 1. The van der Waals surface area contributed by atoms with Crippen LogP contribution in [0.2, 0.25) is 0 Å². The minimum atomic E-state index is 0.169. The van der Waals surface area contributed by atoms with Crippen LogP contribution in [0.5, 0.6) is 0 Å². The number of carbonyl (C=O) groups excluding carboxylic acids is 1. The molecule has 1 aliphatic carbocycles. The number of thiophene rings is 1. The Morgan fingerprint density at radius 2 is 2.38 bits per heavy atom. The van der Waals surface area contributed by atoms with E-state index in [0.29, 0.717) is 11.8 Å². The number of rotatable bonds is 4. The molecule has 2 aliphatic rings. The highest BCUT2D eigenvalue weighted by Crippen LogP contribution is 2.36. The molecule has 2 aromatic rings. The second-order valence-corrected chi connectivity index (χ2v) is 7.30. The Morgan fingerprint density at radius 1 is 1.48 bits per heavy atom. The Hall–Kier alpha value is -1.41. The second-order valence-electron chi connectivity index (χ2n) is 5.36. The molecule has 0 atom stereocenters. The van der Waals surface area contributed by atoms with E-state index in [9.17, 15) is 4.79 Å². The average molecular weight is 321 g/mol. The molecular weight excluding hydrogens is 306 g/mol. The fourth-order valence-electron chi connectivity index (χ4n) is 2.51. The first kappa shape index (κ1) is 13.3. The van der Waals surface area contributed by atoms with Crippen LogP contribution in [0, 0.1) is 0 Å². The fourth-order valence-corrected chi connectivity index (χ4v) is 4.24. The first-order valence-electron chi connectivity index (χ1n) is 7.05. The van der Waals surface area contributed by atoms with E-state index in [0.717, 1.165) is 37.5 Å². The average Bonchev–Trinajstić information content (AvgIpc) is 3.06. The molecule has 21 heavy (non-hydrogen) atoms. The van der Waals surface area contributed by atoms with E-state index in [1.54, 1.807) is 11.3 Å². The van der Waals surface area contributed by atoms with Gasteiger partial charge in [0.25, 0.3) is 0 Å². The zero-order valence-electron chi connectivity index (χ0n) is 11.4. The summed E-state index contributed by atoms with van der Waals surface area (Å²) in [5.41, 5.74) is 1.30. The first-order chi connectivity index (χ1) is 10.3. The van der Waals surface area contributed by atoms with E-state index >= 15 is 0 Å². The molecule has 0 N–H and O–H groups in total. The molecule has 0 spiro atoms. The number of hydrogen-bond acceptors (Lipinski definition) is 6. The molecular formula is C13H15N5OS2. The van der Waals surface area contributed by atoms with Crippen molar-refractivity contribution in [2.24, 2.45) is 0 Å². The third kappa shape index (κ3) is 2.69. The van der Waals surface area contributed by atoms with Gasteiger partial charge in [0.15, 0.2) is 0 Å². The summed E-state index contributed by atoms with van der Waals surface area (Å²) in [6, 6.07) is 2.57. The monoisotopic (exact) mass is 321 g/mol. The third-order valence-electron chi connectivity index (χ3n) is 3.84. The van der Waals surface area contributed by atoms with E-state index in [4.69, 9.17) is 0 Å². The molecule has 110 valence electrons. The minimum Gasteiger partial charge on any atom is -0.337 e. The summed E-state index contributed by atoms with van der Waals surface area (Å²) in [7, 11) is 0. The fraction of sp³-hybridized carbons (Fsp3) is 0.538. The van der Waals surface area contributed by atoms with Gasteiger partial charge < -0.3 is 4.90 Å². The van der Waals surface area contributed by atoms with Crippen LogP contribution in [-0.4, -0.2) is 43.3 Å². The molecule has 0 radical (unpaired) electrons. The molecule has 1 saturated carbocycles. The van der Waals surface area contributed by atoms with Crippen LogP contribution >= 0.6 is 23.1 Å². The molecule has 0 saturated heterocycles. The maximum absolute atomic E-state index is 12.4. The number of hydrogen-bond donors (Lipinski definition) is 0. The summed E-state index contributed by atoms with van der Waals surface area (Å²) >= 11 is 3.23. The van der Waals surface area contributed by atoms with Gasteiger partial charge >= 0.3 is 0 Å². The number of amides is 1. The van der Waals surface area contributed by atoms with Gasteiger partial charge in [-0.2, -0.15) is 0 Å². The van der Waals surface area contributed by atoms with Crippen LogP contribution in [-0.2, 0) is 17.8 Å². The molecule has 0 bridgehead atoms. The quantitative estimate of drug-likeness (QED) is 0.803. The van der Waals surface area contributed by atoms with Crippen molar-refractivity contribution in [3.05, 3.63) is 21.9 Å². The molecule has 3 heterocycles. The van der Waals surface area contributed by atoms with Gasteiger partial charge in [0.2, 0.25) is 11.1 Å². The topological polar surface area (TPSA) is 63.9 Å².